The Kier molecular flexibility index (Phi) is 4.76. The number of anilines is 2. The third-order valence-corrected chi connectivity index (χ3v) is 2.17. The highest BCUT2D eigenvalue weighted by Gasteiger charge is 2.12. The van der Waals surface area contributed by atoms with E-state index in [4.69, 9.17) is 5.73 Å². The van der Waals surface area contributed by atoms with E-state index >= 15 is 0 Å². The lowest BCUT2D eigenvalue weighted by Crippen LogP contribution is -2.04. The summed E-state index contributed by atoms with van der Waals surface area (Å²) in [7, 11) is 0. The van der Waals surface area contributed by atoms with Crippen LogP contribution in [0.3, 0.4) is 0 Å². The second-order valence-corrected chi connectivity index (χ2v) is 3.43. The van der Waals surface area contributed by atoms with Gasteiger partial charge < -0.3 is 11.1 Å². The van der Waals surface area contributed by atoms with Crippen LogP contribution in [0.5, 0.6) is 0 Å². The van der Waals surface area contributed by atoms with Gasteiger partial charge in [0, 0.05) is 23.5 Å². The monoisotopic (exact) mass is 226 g/mol. The highest BCUT2D eigenvalue weighted by atomic mass is 19.3. The topological polar surface area (TPSA) is 38.0 Å². The van der Waals surface area contributed by atoms with E-state index in [1.54, 1.807) is 12.1 Å². The first-order valence-electron chi connectivity index (χ1n) is 5.17. The predicted octanol–water partition coefficient (Wildman–Crippen LogP) is 3.58. The lowest BCUT2D eigenvalue weighted by atomic mass is 10.1. The van der Waals surface area contributed by atoms with Crippen molar-refractivity contribution in [3.05, 3.63) is 35.9 Å². The van der Waals surface area contributed by atoms with Gasteiger partial charge in [0.2, 0.25) is 0 Å². The Labute approximate surface area is 94.2 Å². The molecule has 0 saturated heterocycles. The van der Waals surface area contributed by atoms with Crippen LogP contribution in [0.2, 0.25) is 0 Å². The largest absolute Gasteiger partial charge is 0.399 e. The summed E-state index contributed by atoms with van der Waals surface area (Å²) in [6.45, 7) is 2.56. The highest BCUT2D eigenvalue weighted by Crippen LogP contribution is 2.28. The zero-order valence-electron chi connectivity index (χ0n) is 9.21. The summed E-state index contributed by atoms with van der Waals surface area (Å²) in [6, 6.07) is 4.51. The minimum Gasteiger partial charge on any atom is -0.399 e. The second-order valence-electron chi connectivity index (χ2n) is 3.43. The van der Waals surface area contributed by atoms with E-state index in [9.17, 15) is 8.78 Å². The van der Waals surface area contributed by atoms with Crippen LogP contribution >= 0.6 is 0 Å². The van der Waals surface area contributed by atoms with Crippen LogP contribution in [0.15, 0.2) is 30.4 Å². The lowest BCUT2D eigenvalue weighted by molar-refractivity contribution is 0.152. The number of allylic oxidation sites excluding steroid dienone is 1. The molecule has 16 heavy (non-hydrogen) atoms. The van der Waals surface area contributed by atoms with Crippen LogP contribution in [-0.4, -0.2) is 6.54 Å². The van der Waals surface area contributed by atoms with Crippen molar-refractivity contribution in [1.29, 1.82) is 0 Å². The summed E-state index contributed by atoms with van der Waals surface area (Å²) in [6.07, 6.45) is 2.21. The van der Waals surface area contributed by atoms with Gasteiger partial charge in [-0.15, -0.1) is 0 Å². The van der Waals surface area contributed by atoms with Gasteiger partial charge in [0.05, 0.1) is 0 Å². The smallest absolute Gasteiger partial charge is 0.265 e. The van der Waals surface area contributed by atoms with Crippen LogP contribution < -0.4 is 11.1 Å². The molecule has 2 nitrogen and oxygen atoms in total. The number of halogens is 2. The number of hydrogen-bond donors (Lipinski definition) is 2. The molecule has 0 fully saturated rings. The number of nitrogens with two attached hydrogens (primary N) is 1. The summed E-state index contributed by atoms with van der Waals surface area (Å²) in [5.41, 5.74) is 6.24. The predicted molar refractivity (Wildman–Crippen MR) is 63.7 cm³/mol. The lowest BCUT2D eigenvalue weighted by Gasteiger charge is -2.11. The molecule has 1 aromatic carbocycles. The molecule has 0 aliphatic rings. The summed E-state index contributed by atoms with van der Waals surface area (Å²) >= 11 is 0. The molecule has 0 aromatic heterocycles. The molecule has 0 unspecified atom stereocenters. The van der Waals surface area contributed by atoms with Gasteiger partial charge in [-0.3, -0.25) is 0 Å². The first-order chi connectivity index (χ1) is 7.65. The Morgan fingerprint density at radius 2 is 2.19 bits per heavy atom. The van der Waals surface area contributed by atoms with Gasteiger partial charge in [-0.25, -0.2) is 8.78 Å². The van der Waals surface area contributed by atoms with Gasteiger partial charge >= 0.3 is 0 Å². The van der Waals surface area contributed by atoms with E-state index in [1.165, 1.54) is 6.07 Å². The van der Waals surface area contributed by atoms with Crippen molar-refractivity contribution in [3.8, 4) is 0 Å². The average molecular weight is 226 g/mol. The Morgan fingerprint density at radius 1 is 1.44 bits per heavy atom. The molecule has 0 bridgehead atoms. The summed E-state index contributed by atoms with van der Waals surface area (Å²) in [5.74, 6) is 0. The number of hydrogen-bond acceptors (Lipinski definition) is 2. The van der Waals surface area contributed by atoms with Crippen molar-refractivity contribution >= 4 is 11.4 Å². The molecule has 0 radical (unpaired) electrons. The second kappa shape index (κ2) is 6.10. The highest BCUT2D eigenvalue weighted by molar-refractivity contribution is 5.58. The molecule has 0 aliphatic carbocycles. The number of nitrogen functional groups attached to an aromatic ring is 1. The molecular formula is C12H16F2N2. The molecular weight excluding hydrogens is 210 g/mol. The molecule has 1 rings (SSSR count). The van der Waals surface area contributed by atoms with Crippen molar-refractivity contribution in [2.45, 2.75) is 19.8 Å². The molecule has 1 aromatic rings. The Balaban J connectivity index is 2.71. The van der Waals surface area contributed by atoms with E-state index in [-0.39, 0.29) is 5.56 Å². The van der Waals surface area contributed by atoms with Crippen molar-refractivity contribution in [1.82, 2.24) is 0 Å². The van der Waals surface area contributed by atoms with E-state index in [1.807, 2.05) is 19.1 Å². The molecule has 88 valence electrons. The Hall–Kier alpha value is -1.58. The minimum absolute atomic E-state index is 0.0412. The third-order valence-electron chi connectivity index (χ3n) is 2.17. The van der Waals surface area contributed by atoms with Gasteiger partial charge in [-0.05, 0) is 31.5 Å². The number of rotatable bonds is 5. The van der Waals surface area contributed by atoms with Crippen LogP contribution in [0.25, 0.3) is 0 Å². The number of nitrogens with one attached hydrogen (secondary N) is 1. The molecule has 0 atom stereocenters. The SMILES string of the molecule is C/C=C/CCNc1ccc(N)cc1C(F)F. The van der Waals surface area contributed by atoms with Crippen LogP contribution in [0, 0.1) is 0 Å². The molecule has 0 heterocycles. The van der Waals surface area contributed by atoms with E-state index in [2.05, 4.69) is 5.32 Å². The zero-order chi connectivity index (χ0) is 12.0. The summed E-state index contributed by atoms with van der Waals surface area (Å²) in [4.78, 5) is 0. The molecule has 4 heteroatoms. The van der Waals surface area contributed by atoms with Crippen molar-refractivity contribution < 1.29 is 8.78 Å². The van der Waals surface area contributed by atoms with Gasteiger partial charge in [-0.2, -0.15) is 0 Å². The molecule has 3 N–H and O–H groups in total. The Morgan fingerprint density at radius 3 is 2.81 bits per heavy atom. The maximum absolute atomic E-state index is 12.7. The van der Waals surface area contributed by atoms with Gasteiger partial charge in [0.1, 0.15) is 0 Å². The molecule has 0 aliphatic heterocycles. The maximum atomic E-state index is 12.7. The summed E-state index contributed by atoms with van der Waals surface area (Å²) in [5, 5.41) is 2.97. The van der Waals surface area contributed by atoms with Crippen LogP contribution in [0.4, 0.5) is 20.2 Å². The van der Waals surface area contributed by atoms with Gasteiger partial charge in [0.15, 0.2) is 0 Å². The van der Waals surface area contributed by atoms with Crippen molar-refractivity contribution in [3.63, 3.8) is 0 Å². The first-order valence-corrected chi connectivity index (χ1v) is 5.17. The normalized spacial score (nSPS) is 11.2. The van der Waals surface area contributed by atoms with Crippen LogP contribution in [-0.2, 0) is 0 Å². The van der Waals surface area contributed by atoms with E-state index in [0.29, 0.717) is 17.9 Å². The molecule has 0 spiro atoms. The van der Waals surface area contributed by atoms with Crippen molar-refractivity contribution in [2.75, 3.05) is 17.6 Å². The summed E-state index contributed by atoms with van der Waals surface area (Å²) < 4.78 is 25.3. The third kappa shape index (κ3) is 3.53. The first kappa shape index (κ1) is 12.5. The van der Waals surface area contributed by atoms with E-state index < -0.39 is 6.43 Å². The molecule has 0 saturated carbocycles. The zero-order valence-corrected chi connectivity index (χ0v) is 9.21. The molecule has 0 amide bonds. The van der Waals surface area contributed by atoms with Gasteiger partial charge in [0.25, 0.3) is 6.43 Å². The fourth-order valence-corrected chi connectivity index (χ4v) is 1.38. The van der Waals surface area contributed by atoms with Crippen LogP contribution in [0.1, 0.15) is 25.3 Å². The fourth-order valence-electron chi connectivity index (χ4n) is 1.38. The number of alkyl halides is 2. The minimum atomic E-state index is -2.51. The quantitative estimate of drug-likeness (QED) is 0.457. The van der Waals surface area contributed by atoms with Gasteiger partial charge in [-0.1, -0.05) is 12.2 Å². The Bertz CT molecular complexity index is 362. The number of benzene rings is 1. The fraction of sp³-hybridized carbons (Fsp3) is 0.333. The standard InChI is InChI=1S/C12H16F2N2/c1-2-3-4-7-16-11-6-5-9(15)8-10(11)12(13)14/h2-3,5-6,8,12,16H,4,7,15H2,1H3/b3-2+. The van der Waals surface area contributed by atoms with E-state index in [0.717, 1.165) is 6.42 Å². The van der Waals surface area contributed by atoms with Crippen molar-refractivity contribution in [2.24, 2.45) is 0 Å². The maximum Gasteiger partial charge on any atom is 0.265 e. The average Bonchev–Trinajstić information content (AvgIpc) is 2.26.